The van der Waals surface area contributed by atoms with Gasteiger partial charge >= 0.3 is 0 Å². The molecule has 0 radical (unpaired) electrons. The van der Waals surface area contributed by atoms with Gasteiger partial charge in [-0.15, -0.1) is 0 Å². The summed E-state index contributed by atoms with van der Waals surface area (Å²) in [6.45, 7) is 4.19. The van der Waals surface area contributed by atoms with Crippen LogP contribution in [0.1, 0.15) is 37.2 Å². The van der Waals surface area contributed by atoms with Crippen LogP contribution in [0.15, 0.2) is 30.6 Å². The molecular weight excluding hydrogens is 262 g/mol. The zero-order valence-corrected chi connectivity index (χ0v) is 11.8. The van der Waals surface area contributed by atoms with Crippen LogP contribution in [0.5, 0.6) is 0 Å². The third-order valence-electron chi connectivity index (χ3n) is 2.96. The van der Waals surface area contributed by atoms with Gasteiger partial charge in [-0.1, -0.05) is 17.7 Å². The number of rotatable bonds is 5. The van der Waals surface area contributed by atoms with Crippen LogP contribution in [0, 0.1) is 0 Å². The highest BCUT2D eigenvalue weighted by atomic mass is 35.5. The van der Waals surface area contributed by atoms with E-state index in [1.54, 1.807) is 12.3 Å². The van der Waals surface area contributed by atoms with Crippen LogP contribution in [0.3, 0.4) is 0 Å². The molecule has 0 amide bonds. The lowest BCUT2D eigenvalue weighted by Gasteiger charge is -2.14. The molecule has 1 unspecified atom stereocenters. The number of hydrazine groups is 1. The van der Waals surface area contributed by atoms with Gasteiger partial charge in [-0.2, -0.15) is 5.10 Å². The fourth-order valence-corrected chi connectivity index (χ4v) is 1.96. The van der Waals surface area contributed by atoms with Crippen molar-refractivity contribution in [3.8, 4) is 0 Å². The summed E-state index contributed by atoms with van der Waals surface area (Å²) in [5.41, 5.74) is 4.78. The predicted octanol–water partition coefficient (Wildman–Crippen LogP) is 2.26. The van der Waals surface area contributed by atoms with Crippen molar-refractivity contribution < 1.29 is 0 Å². The smallest absolute Gasteiger partial charge is 0.129 e. The highest BCUT2D eigenvalue weighted by molar-refractivity contribution is 6.29. The first-order valence-electron chi connectivity index (χ1n) is 6.21. The molecule has 5 nitrogen and oxygen atoms in total. The summed E-state index contributed by atoms with van der Waals surface area (Å²) >= 11 is 5.78. The van der Waals surface area contributed by atoms with E-state index >= 15 is 0 Å². The Kier molecular flexibility index (Phi) is 4.52. The Morgan fingerprint density at radius 3 is 2.68 bits per heavy atom. The number of hydrogen-bond donors (Lipinski definition) is 2. The lowest BCUT2D eigenvalue weighted by Crippen LogP contribution is -2.29. The molecule has 0 aliphatic heterocycles. The van der Waals surface area contributed by atoms with Gasteiger partial charge in [0, 0.05) is 24.9 Å². The van der Waals surface area contributed by atoms with Gasteiger partial charge in [-0.25, -0.2) is 4.98 Å². The summed E-state index contributed by atoms with van der Waals surface area (Å²) < 4.78 is 1.93. The SMILES string of the molecule is CC(C)n1ccc(CC(NN)c2ccc(Cl)nc2)n1. The number of hydrogen-bond acceptors (Lipinski definition) is 4. The molecule has 0 saturated carbocycles. The average molecular weight is 280 g/mol. The molecular formula is C13H18ClN5. The zero-order valence-electron chi connectivity index (χ0n) is 11.0. The van der Waals surface area contributed by atoms with Crippen LogP contribution >= 0.6 is 11.6 Å². The fourth-order valence-electron chi connectivity index (χ4n) is 1.85. The topological polar surface area (TPSA) is 68.8 Å². The van der Waals surface area contributed by atoms with Crippen molar-refractivity contribution in [3.63, 3.8) is 0 Å². The number of halogens is 1. The van der Waals surface area contributed by atoms with E-state index in [1.165, 1.54) is 0 Å². The van der Waals surface area contributed by atoms with Crippen LogP contribution in [-0.4, -0.2) is 14.8 Å². The van der Waals surface area contributed by atoms with E-state index in [1.807, 2.05) is 23.0 Å². The highest BCUT2D eigenvalue weighted by Gasteiger charge is 2.13. The maximum atomic E-state index is 5.78. The van der Waals surface area contributed by atoms with Gasteiger partial charge in [-0.05, 0) is 31.5 Å². The Balaban J connectivity index is 2.12. The normalized spacial score (nSPS) is 12.9. The molecule has 0 spiro atoms. The molecule has 0 fully saturated rings. The molecule has 0 aliphatic carbocycles. The van der Waals surface area contributed by atoms with Gasteiger partial charge < -0.3 is 0 Å². The second-order valence-electron chi connectivity index (χ2n) is 4.72. The van der Waals surface area contributed by atoms with Crippen molar-refractivity contribution in [2.75, 3.05) is 0 Å². The maximum absolute atomic E-state index is 5.78. The van der Waals surface area contributed by atoms with Crippen molar-refractivity contribution in [1.82, 2.24) is 20.2 Å². The summed E-state index contributed by atoms with van der Waals surface area (Å²) in [6, 6.07) is 6.01. The van der Waals surface area contributed by atoms with Gasteiger partial charge in [0.2, 0.25) is 0 Å². The summed E-state index contributed by atoms with van der Waals surface area (Å²) in [5, 5.41) is 4.99. The molecule has 102 valence electrons. The summed E-state index contributed by atoms with van der Waals surface area (Å²) in [7, 11) is 0. The average Bonchev–Trinajstić information content (AvgIpc) is 2.86. The second-order valence-corrected chi connectivity index (χ2v) is 5.11. The van der Waals surface area contributed by atoms with E-state index < -0.39 is 0 Å². The summed E-state index contributed by atoms with van der Waals surface area (Å²) in [4.78, 5) is 4.07. The quantitative estimate of drug-likeness (QED) is 0.500. The minimum atomic E-state index is -0.0275. The third kappa shape index (κ3) is 3.53. The first-order chi connectivity index (χ1) is 9.10. The first-order valence-corrected chi connectivity index (χ1v) is 6.59. The molecule has 3 N–H and O–H groups in total. The van der Waals surface area contributed by atoms with Crippen LogP contribution in [0.25, 0.3) is 0 Å². The van der Waals surface area contributed by atoms with Crippen LogP contribution < -0.4 is 11.3 Å². The van der Waals surface area contributed by atoms with Gasteiger partial charge in [0.15, 0.2) is 0 Å². The summed E-state index contributed by atoms with van der Waals surface area (Å²) in [6.07, 6.45) is 4.42. The van der Waals surface area contributed by atoms with E-state index in [4.69, 9.17) is 17.4 Å². The molecule has 1 atom stereocenters. The van der Waals surface area contributed by atoms with Gasteiger partial charge in [0.1, 0.15) is 5.15 Å². The number of nitrogens with two attached hydrogens (primary N) is 1. The van der Waals surface area contributed by atoms with Crippen molar-refractivity contribution >= 4 is 11.6 Å². The first kappa shape index (κ1) is 14.0. The van der Waals surface area contributed by atoms with Crippen molar-refractivity contribution in [3.05, 3.63) is 47.0 Å². The molecule has 2 heterocycles. The second kappa shape index (κ2) is 6.14. The predicted molar refractivity (Wildman–Crippen MR) is 75.6 cm³/mol. The van der Waals surface area contributed by atoms with Crippen molar-refractivity contribution in [2.45, 2.75) is 32.4 Å². The molecule has 2 rings (SSSR count). The lowest BCUT2D eigenvalue weighted by molar-refractivity contribution is 0.506. The van der Waals surface area contributed by atoms with Crippen molar-refractivity contribution in [1.29, 1.82) is 0 Å². The molecule has 0 bridgehead atoms. The van der Waals surface area contributed by atoms with E-state index in [-0.39, 0.29) is 6.04 Å². The Hall–Kier alpha value is -1.43. The monoisotopic (exact) mass is 279 g/mol. The van der Waals surface area contributed by atoms with Gasteiger partial charge in [0.25, 0.3) is 0 Å². The van der Waals surface area contributed by atoms with Gasteiger partial charge in [-0.3, -0.25) is 16.0 Å². The van der Waals surface area contributed by atoms with Crippen molar-refractivity contribution in [2.24, 2.45) is 5.84 Å². The third-order valence-corrected chi connectivity index (χ3v) is 3.18. The molecule has 2 aromatic heterocycles. The summed E-state index contributed by atoms with van der Waals surface area (Å²) in [5.74, 6) is 5.61. The number of pyridine rings is 1. The number of nitrogens with one attached hydrogen (secondary N) is 1. The highest BCUT2D eigenvalue weighted by Crippen LogP contribution is 2.18. The molecule has 2 aromatic rings. The van der Waals surface area contributed by atoms with E-state index in [9.17, 15) is 0 Å². The van der Waals surface area contributed by atoms with Gasteiger partial charge in [0.05, 0.1) is 11.7 Å². The van der Waals surface area contributed by atoms with E-state index in [0.29, 0.717) is 17.6 Å². The molecule has 0 aliphatic rings. The van der Waals surface area contributed by atoms with Crippen LogP contribution in [-0.2, 0) is 6.42 Å². The lowest BCUT2D eigenvalue weighted by atomic mass is 10.1. The Labute approximate surface area is 117 Å². The molecule has 0 aromatic carbocycles. The fraction of sp³-hybridized carbons (Fsp3) is 0.385. The minimum Gasteiger partial charge on any atom is -0.271 e. The van der Waals surface area contributed by atoms with E-state index in [0.717, 1.165) is 11.3 Å². The van der Waals surface area contributed by atoms with Crippen LogP contribution in [0.4, 0.5) is 0 Å². The maximum Gasteiger partial charge on any atom is 0.129 e. The number of nitrogens with zero attached hydrogens (tertiary/aromatic N) is 3. The molecule has 6 heteroatoms. The zero-order chi connectivity index (χ0) is 13.8. The Morgan fingerprint density at radius 1 is 1.37 bits per heavy atom. The molecule has 0 saturated heterocycles. The van der Waals surface area contributed by atoms with Crippen LogP contribution in [0.2, 0.25) is 5.15 Å². The Bertz CT molecular complexity index is 520. The van der Waals surface area contributed by atoms with E-state index in [2.05, 4.69) is 29.4 Å². The minimum absolute atomic E-state index is 0.0275. The standard InChI is InChI=1S/C13H18ClN5/c1-9(2)19-6-5-11(18-19)7-12(17-15)10-3-4-13(14)16-8-10/h3-6,8-9,12,17H,7,15H2,1-2H3. The number of aromatic nitrogens is 3. The molecule has 19 heavy (non-hydrogen) atoms. The largest absolute Gasteiger partial charge is 0.271 e. The Morgan fingerprint density at radius 2 is 2.16 bits per heavy atom.